The maximum absolute atomic E-state index is 11.4. The predicted molar refractivity (Wildman–Crippen MR) is 76.2 cm³/mol. The van der Waals surface area contributed by atoms with Crippen molar-refractivity contribution in [2.45, 2.75) is 17.0 Å². The second-order valence-electron chi connectivity index (χ2n) is 3.86. The van der Waals surface area contributed by atoms with Crippen LogP contribution in [0.2, 0.25) is 0 Å². The Balaban J connectivity index is 2.82. The molecule has 2 N–H and O–H groups in total. The molecule has 0 saturated heterocycles. The molecule has 0 heterocycles. The van der Waals surface area contributed by atoms with Gasteiger partial charge in [0.1, 0.15) is 6.10 Å². The number of halogens is 3. The highest BCUT2D eigenvalue weighted by Crippen LogP contribution is 2.21. The van der Waals surface area contributed by atoms with Gasteiger partial charge in [0.25, 0.3) is 11.6 Å². The molecule has 0 fully saturated rings. The molecule has 0 saturated carbocycles. The minimum Gasteiger partial charge on any atom is -0.386 e. The zero-order valence-electron chi connectivity index (χ0n) is 10.0. The van der Waals surface area contributed by atoms with Gasteiger partial charge in [-0.3, -0.25) is 14.9 Å². The van der Waals surface area contributed by atoms with Crippen molar-refractivity contribution >= 4 is 46.4 Å². The number of nitro groups is 1. The molecule has 110 valence electrons. The number of aliphatic hydroxyl groups is 1. The fraction of sp³-hybridized carbons (Fsp3) is 0.364. The van der Waals surface area contributed by atoms with Gasteiger partial charge < -0.3 is 10.4 Å². The Kier molecular flexibility index (Phi) is 6.48. The summed E-state index contributed by atoms with van der Waals surface area (Å²) in [5, 5.41) is 23.0. The van der Waals surface area contributed by atoms with Crippen LogP contribution >= 0.6 is 34.8 Å². The minimum atomic E-state index is -1.27. The molecule has 0 aliphatic carbocycles. The fourth-order valence-electron chi connectivity index (χ4n) is 1.47. The average Bonchev–Trinajstić information content (AvgIpc) is 2.43. The van der Waals surface area contributed by atoms with Gasteiger partial charge in [0, 0.05) is 18.0 Å². The van der Waals surface area contributed by atoms with E-state index < -0.39 is 27.8 Å². The van der Waals surface area contributed by atoms with Crippen molar-refractivity contribution in [3.8, 4) is 0 Å². The van der Waals surface area contributed by atoms with Gasteiger partial charge in [-0.1, -0.05) is 23.2 Å². The van der Waals surface area contributed by atoms with Crippen molar-refractivity contribution in [1.82, 2.24) is 5.32 Å². The van der Waals surface area contributed by atoms with Crippen LogP contribution in [0.1, 0.15) is 11.7 Å². The zero-order chi connectivity index (χ0) is 15.3. The number of nitrogens with one attached hydrogen (secondary N) is 1. The third-order valence-electron chi connectivity index (χ3n) is 2.52. The summed E-state index contributed by atoms with van der Waals surface area (Å²) in [7, 11) is 0. The largest absolute Gasteiger partial charge is 0.386 e. The van der Waals surface area contributed by atoms with Gasteiger partial charge in [-0.15, -0.1) is 11.6 Å². The van der Waals surface area contributed by atoms with E-state index >= 15 is 0 Å². The number of amides is 1. The zero-order valence-corrected chi connectivity index (χ0v) is 12.3. The fourth-order valence-corrected chi connectivity index (χ4v) is 1.85. The number of aliphatic hydroxyl groups excluding tert-OH is 1. The Morgan fingerprint density at radius 1 is 1.35 bits per heavy atom. The highest BCUT2D eigenvalue weighted by Gasteiger charge is 2.24. The van der Waals surface area contributed by atoms with Crippen molar-refractivity contribution in [1.29, 1.82) is 0 Å². The maximum atomic E-state index is 11.4. The van der Waals surface area contributed by atoms with Crippen LogP contribution in [0.3, 0.4) is 0 Å². The summed E-state index contributed by atoms with van der Waals surface area (Å²) in [5.41, 5.74) is 0.274. The van der Waals surface area contributed by atoms with Gasteiger partial charge in [0.05, 0.1) is 11.0 Å². The lowest BCUT2D eigenvalue weighted by atomic mass is 10.0. The lowest BCUT2D eigenvalue weighted by Crippen LogP contribution is -2.43. The molecular formula is C11H11Cl3N2O4. The number of hydrogen-bond acceptors (Lipinski definition) is 4. The smallest absolute Gasteiger partial charge is 0.269 e. The number of nitro benzene ring substituents is 1. The van der Waals surface area contributed by atoms with Crippen molar-refractivity contribution < 1.29 is 14.8 Å². The highest BCUT2D eigenvalue weighted by molar-refractivity contribution is 6.53. The molecule has 6 nitrogen and oxygen atoms in total. The molecule has 20 heavy (non-hydrogen) atoms. The monoisotopic (exact) mass is 340 g/mol. The molecule has 9 heteroatoms. The summed E-state index contributed by atoms with van der Waals surface area (Å²) in [6.45, 7) is 0. The molecule has 1 aromatic carbocycles. The summed E-state index contributed by atoms with van der Waals surface area (Å²) in [6, 6.07) is 4.45. The van der Waals surface area contributed by atoms with Crippen LogP contribution < -0.4 is 5.32 Å². The first-order chi connectivity index (χ1) is 9.36. The van der Waals surface area contributed by atoms with Crippen LogP contribution in [0.5, 0.6) is 0 Å². The normalized spacial score (nSPS) is 13.8. The van der Waals surface area contributed by atoms with Crippen LogP contribution in [0, 0.1) is 10.1 Å². The van der Waals surface area contributed by atoms with E-state index in [1.807, 2.05) is 0 Å². The first kappa shape index (κ1) is 17.0. The van der Waals surface area contributed by atoms with Gasteiger partial charge in [-0.25, -0.2) is 0 Å². The summed E-state index contributed by atoms with van der Waals surface area (Å²) < 4.78 is 0. The molecule has 0 aliphatic rings. The van der Waals surface area contributed by atoms with E-state index in [9.17, 15) is 20.0 Å². The maximum Gasteiger partial charge on any atom is 0.269 e. The van der Waals surface area contributed by atoms with Crippen LogP contribution in [0.4, 0.5) is 5.69 Å². The summed E-state index contributed by atoms with van der Waals surface area (Å²) >= 11 is 16.5. The second-order valence-corrected chi connectivity index (χ2v) is 5.27. The number of carbonyl (C=O) groups excluding carboxylic acids is 1. The molecule has 1 rings (SSSR count). The van der Waals surface area contributed by atoms with Crippen LogP contribution in [-0.2, 0) is 4.79 Å². The minimum absolute atomic E-state index is 0.0790. The molecule has 2 atom stereocenters. The Hall–Kier alpha value is -1.08. The molecule has 2 unspecified atom stereocenters. The molecule has 0 aromatic heterocycles. The van der Waals surface area contributed by atoms with Gasteiger partial charge in [0.2, 0.25) is 0 Å². The molecule has 0 aliphatic heterocycles. The predicted octanol–water partition coefficient (Wildman–Crippen LogP) is 2.16. The quantitative estimate of drug-likeness (QED) is 0.471. The summed E-state index contributed by atoms with van der Waals surface area (Å²) in [5.74, 6) is -0.760. The van der Waals surface area contributed by atoms with Crippen molar-refractivity contribution in [2.24, 2.45) is 0 Å². The molecule has 0 bridgehead atoms. The van der Waals surface area contributed by atoms with E-state index in [-0.39, 0.29) is 11.6 Å². The topological polar surface area (TPSA) is 92.5 Å². The van der Waals surface area contributed by atoms with E-state index in [0.29, 0.717) is 5.56 Å². The standard InChI is InChI=1S/C11H11Cl3N2O4/c12-5-8(15-11(18)10(13)14)9(17)6-1-3-7(4-2-6)16(19)20/h1-4,8-10,17H,5H2,(H,15,18). The molecule has 0 radical (unpaired) electrons. The number of nitrogens with zero attached hydrogens (tertiary/aromatic N) is 1. The van der Waals surface area contributed by atoms with Crippen molar-refractivity contribution in [3.05, 3.63) is 39.9 Å². The SMILES string of the molecule is O=C(NC(CCl)C(O)c1ccc([N+](=O)[O-])cc1)C(Cl)Cl. The highest BCUT2D eigenvalue weighted by atomic mass is 35.5. The third kappa shape index (κ3) is 4.49. The Morgan fingerprint density at radius 2 is 1.90 bits per heavy atom. The Bertz CT molecular complexity index is 481. The number of benzene rings is 1. The number of non-ortho nitro benzene ring substituents is 1. The lowest BCUT2D eigenvalue weighted by molar-refractivity contribution is -0.384. The number of rotatable bonds is 6. The Morgan fingerprint density at radius 3 is 2.30 bits per heavy atom. The van der Waals surface area contributed by atoms with E-state index in [4.69, 9.17) is 34.8 Å². The van der Waals surface area contributed by atoms with Gasteiger partial charge in [-0.2, -0.15) is 0 Å². The molecule has 1 aromatic rings. The van der Waals surface area contributed by atoms with E-state index in [1.54, 1.807) is 0 Å². The van der Waals surface area contributed by atoms with Crippen LogP contribution in [0.25, 0.3) is 0 Å². The lowest BCUT2D eigenvalue weighted by Gasteiger charge is -2.22. The number of carbonyl (C=O) groups is 1. The average molecular weight is 342 g/mol. The van der Waals surface area contributed by atoms with Gasteiger partial charge in [-0.05, 0) is 17.7 Å². The van der Waals surface area contributed by atoms with E-state index in [1.165, 1.54) is 24.3 Å². The first-order valence-electron chi connectivity index (χ1n) is 5.43. The van der Waals surface area contributed by atoms with Crippen LogP contribution in [0.15, 0.2) is 24.3 Å². The van der Waals surface area contributed by atoms with Gasteiger partial charge >= 0.3 is 0 Å². The van der Waals surface area contributed by atoms with E-state index in [0.717, 1.165) is 0 Å². The summed E-state index contributed by atoms with van der Waals surface area (Å²) in [6.07, 6.45) is -1.13. The Labute approximate surface area is 129 Å². The number of hydrogen-bond donors (Lipinski definition) is 2. The summed E-state index contributed by atoms with van der Waals surface area (Å²) in [4.78, 5) is 20.1. The van der Waals surface area contributed by atoms with Crippen molar-refractivity contribution in [2.75, 3.05) is 5.88 Å². The van der Waals surface area contributed by atoms with Crippen LogP contribution in [-0.4, -0.2) is 32.7 Å². The third-order valence-corrected chi connectivity index (χ3v) is 3.25. The van der Waals surface area contributed by atoms with E-state index in [2.05, 4.69) is 5.32 Å². The first-order valence-corrected chi connectivity index (χ1v) is 6.84. The molecular weight excluding hydrogens is 330 g/mol. The second kappa shape index (κ2) is 7.64. The molecule has 1 amide bonds. The molecule has 0 spiro atoms. The van der Waals surface area contributed by atoms with Crippen molar-refractivity contribution in [3.63, 3.8) is 0 Å². The number of alkyl halides is 3. The van der Waals surface area contributed by atoms with Gasteiger partial charge in [0.15, 0.2) is 4.84 Å².